The molecule has 1 atom stereocenters. The summed E-state index contributed by atoms with van der Waals surface area (Å²) in [6.45, 7) is 1.61. The number of rotatable bonds is 4. The summed E-state index contributed by atoms with van der Waals surface area (Å²) in [6, 6.07) is 0.672. The Kier molecular flexibility index (Phi) is 4.40. The maximum absolute atomic E-state index is 11.8. The molecule has 0 bridgehead atoms. The van der Waals surface area contributed by atoms with E-state index in [9.17, 15) is 13.2 Å². The highest BCUT2D eigenvalue weighted by Gasteiger charge is 2.16. The summed E-state index contributed by atoms with van der Waals surface area (Å²) in [4.78, 5) is 23.0. The summed E-state index contributed by atoms with van der Waals surface area (Å²) in [6.07, 6.45) is 3.98. The van der Waals surface area contributed by atoms with Crippen LogP contribution in [0.25, 0.3) is 11.2 Å². The number of carbonyl (C=O) groups is 1. The molecule has 0 aliphatic carbocycles. The van der Waals surface area contributed by atoms with Crippen molar-refractivity contribution in [3.8, 4) is 0 Å². The van der Waals surface area contributed by atoms with E-state index < -0.39 is 27.0 Å². The van der Waals surface area contributed by atoms with E-state index >= 15 is 0 Å². The van der Waals surface area contributed by atoms with Gasteiger partial charge in [0, 0.05) is 24.9 Å². The van der Waals surface area contributed by atoms with Crippen LogP contribution in [0.3, 0.4) is 0 Å². The molecule has 10 heteroatoms. The summed E-state index contributed by atoms with van der Waals surface area (Å²) in [5, 5.41) is 12.1. The molecule has 0 aromatic carbocycles. The van der Waals surface area contributed by atoms with E-state index in [1.807, 2.05) is 0 Å². The lowest BCUT2D eigenvalue weighted by Crippen LogP contribution is -2.38. The number of carbonyl (C=O) groups excluding carboxylic acids is 1. The number of hydrogen-bond acceptors (Lipinski definition) is 6. The highest BCUT2D eigenvalue weighted by atomic mass is 32.2. The molecule has 0 saturated heterocycles. The molecule has 0 unspecified atom stereocenters. The molecule has 0 aliphatic rings. The second-order valence-corrected chi connectivity index (χ2v) is 6.90. The number of sulfone groups is 1. The molecule has 0 fully saturated rings. The van der Waals surface area contributed by atoms with Crippen LogP contribution in [-0.2, 0) is 9.84 Å². The molecule has 0 radical (unpaired) electrons. The van der Waals surface area contributed by atoms with Gasteiger partial charge in [0.15, 0.2) is 21.3 Å². The number of fused-ring (bicyclic) bond motifs is 1. The van der Waals surface area contributed by atoms with Gasteiger partial charge in [-0.05, 0) is 13.0 Å². The molecule has 2 amide bonds. The van der Waals surface area contributed by atoms with Gasteiger partial charge in [-0.2, -0.15) is 0 Å². The molecule has 2 heterocycles. The van der Waals surface area contributed by atoms with Gasteiger partial charge in [0.2, 0.25) is 0 Å². The predicted octanol–water partition coefficient (Wildman–Crippen LogP) is 0.880. The predicted molar refractivity (Wildman–Crippen MR) is 82.7 cm³/mol. The molecular formula is C12H16N6O3S. The highest BCUT2D eigenvalue weighted by Crippen LogP contribution is 2.09. The van der Waals surface area contributed by atoms with Gasteiger partial charge in [0.25, 0.3) is 0 Å². The van der Waals surface area contributed by atoms with E-state index in [0.29, 0.717) is 11.2 Å². The maximum Gasteiger partial charge on any atom is 0.320 e. The zero-order valence-corrected chi connectivity index (χ0v) is 12.9. The van der Waals surface area contributed by atoms with E-state index in [1.54, 1.807) is 19.2 Å². The first-order valence-electron chi connectivity index (χ1n) is 6.41. The molecule has 0 spiro atoms. The molecule has 2 aromatic rings. The normalized spacial score (nSPS) is 12.8. The van der Waals surface area contributed by atoms with Crippen molar-refractivity contribution in [2.24, 2.45) is 0 Å². The SMILES string of the molecule is C[C@H](CC(=N)S(C)(=O)=O)NC(=O)Nc1cnc2[nH]ccc2n1. The van der Waals surface area contributed by atoms with Crippen LogP contribution in [-0.4, -0.2) is 46.7 Å². The zero-order chi connectivity index (χ0) is 16.3. The first-order valence-corrected chi connectivity index (χ1v) is 8.30. The lowest BCUT2D eigenvalue weighted by molar-refractivity contribution is 0.249. The fraction of sp³-hybridized carbons (Fsp3) is 0.333. The highest BCUT2D eigenvalue weighted by molar-refractivity contribution is 8.05. The summed E-state index contributed by atoms with van der Waals surface area (Å²) < 4.78 is 22.3. The van der Waals surface area contributed by atoms with Crippen LogP contribution < -0.4 is 10.6 Å². The largest absolute Gasteiger partial charge is 0.345 e. The van der Waals surface area contributed by atoms with Crippen LogP contribution in [0, 0.1) is 5.41 Å². The third-order valence-corrected chi connectivity index (χ3v) is 3.88. The summed E-state index contributed by atoms with van der Waals surface area (Å²) >= 11 is 0. The van der Waals surface area contributed by atoms with E-state index in [1.165, 1.54) is 6.20 Å². The number of hydrogen-bond donors (Lipinski definition) is 4. The van der Waals surface area contributed by atoms with Crippen molar-refractivity contribution in [1.82, 2.24) is 20.3 Å². The van der Waals surface area contributed by atoms with Gasteiger partial charge in [-0.3, -0.25) is 10.7 Å². The fourth-order valence-electron chi connectivity index (χ4n) is 1.75. The molecular weight excluding hydrogens is 308 g/mol. The number of anilines is 1. The Morgan fingerprint density at radius 1 is 1.50 bits per heavy atom. The lowest BCUT2D eigenvalue weighted by atomic mass is 10.2. The maximum atomic E-state index is 11.8. The number of aromatic amines is 1. The van der Waals surface area contributed by atoms with Gasteiger partial charge >= 0.3 is 6.03 Å². The molecule has 0 aliphatic heterocycles. The quantitative estimate of drug-likeness (QED) is 0.488. The van der Waals surface area contributed by atoms with Gasteiger partial charge in [-0.25, -0.2) is 23.2 Å². The molecule has 4 N–H and O–H groups in total. The van der Waals surface area contributed by atoms with E-state index in [2.05, 4.69) is 25.6 Å². The Labute approximate surface area is 127 Å². The summed E-state index contributed by atoms with van der Waals surface area (Å²) in [5.74, 6) is 0.273. The van der Waals surface area contributed by atoms with Crippen molar-refractivity contribution in [2.45, 2.75) is 19.4 Å². The number of H-pyrrole nitrogens is 1. The smallest absolute Gasteiger partial charge is 0.320 e. The molecule has 2 aromatic heterocycles. The minimum atomic E-state index is -3.52. The van der Waals surface area contributed by atoms with Gasteiger partial charge < -0.3 is 10.3 Å². The van der Waals surface area contributed by atoms with Gasteiger partial charge in [-0.1, -0.05) is 0 Å². The first kappa shape index (κ1) is 15.9. The Balaban J connectivity index is 1.93. The monoisotopic (exact) mass is 324 g/mol. The van der Waals surface area contributed by atoms with Crippen molar-refractivity contribution in [3.63, 3.8) is 0 Å². The zero-order valence-electron chi connectivity index (χ0n) is 12.0. The number of aromatic nitrogens is 3. The second-order valence-electron chi connectivity index (χ2n) is 4.87. The van der Waals surface area contributed by atoms with Crippen LogP contribution in [0.15, 0.2) is 18.5 Å². The van der Waals surface area contributed by atoms with E-state index in [-0.39, 0.29) is 12.2 Å². The summed E-state index contributed by atoms with van der Waals surface area (Å²) in [7, 11) is -3.52. The lowest BCUT2D eigenvalue weighted by Gasteiger charge is -2.14. The Hall–Kier alpha value is -2.49. The first-order chi connectivity index (χ1) is 10.3. The van der Waals surface area contributed by atoms with Crippen LogP contribution in [0.5, 0.6) is 0 Å². The van der Waals surface area contributed by atoms with Crippen molar-refractivity contribution in [2.75, 3.05) is 11.6 Å². The fourth-order valence-corrected chi connectivity index (χ4v) is 2.30. The van der Waals surface area contributed by atoms with Crippen LogP contribution >= 0.6 is 0 Å². The Morgan fingerprint density at radius 3 is 2.91 bits per heavy atom. The third kappa shape index (κ3) is 4.01. The van der Waals surface area contributed by atoms with Crippen molar-refractivity contribution in [1.29, 1.82) is 5.41 Å². The Morgan fingerprint density at radius 2 is 2.23 bits per heavy atom. The van der Waals surface area contributed by atoms with Gasteiger partial charge in [0.1, 0.15) is 10.6 Å². The average Bonchev–Trinajstić information content (AvgIpc) is 2.84. The van der Waals surface area contributed by atoms with Crippen LogP contribution in [0.2, 0.25) is 0 Å². The van der Waals surface area contributed by atoms with Crippen molar-refractivity contribution in [3.05, 3.63) is 18.5 Å². The number of amides is 2. The van der Waals surface area contributed by atoms with Crippen LogP contribution in [0.1, 0.15) is 13.3 Å². The summed E-state index contributed by atoms with van der Waals surface area (Å²) in [5.41, 5.74) is 1.23. The second kappa shape index (κ2) is 6.10. The standard InChI is InChI=1S/C12H16N6O3S/c1-7(5-9(13)22(2,20)21)16-12(19)18-10-6-15-11-8(17-10)3-4-14-11/h3-4,6-7,13H,5H2,1-2H3,(H,14,15)(H2,16,17,18,19)/t7-/m1/s1. The van der Waals surface area contributed by atoms with Crippen LogP contribution in [0.4, 0.5) is 10.6 Å². The van der Waals surface area contributed by atoms with Gasteiger partial charge in [-0.15, -0.1) is 0 Å². The van der Waals surface area contributed by atoms with E-state index in [4.69, 9.17) is 5.41 Å². The topological polar surface area (TPSA) is 141 Å². The van der Waals surface area contributed by atoms with Crippen molar-refractivity contribution >= 4 is 37.9 Å². The molecule has 2 rings (SSSR count). The Bertz CT molecular complexity index is 813. The van der Waals surface area contributed by atoms with Gasteiger partial charge in [0.05, 0.1) is 6.20 Å². The minimum Gasteiger partial charge on any atom is -0.345 e. The number of nitrogens with zero attached hydrogens (tertiary/aromatic N) is 2. The third-order valence-electron chi connectivity index (χ3n) is 2.82. The minimum absolute atomic E-state index is 0.0746. The average molecular weight is 324 g/mol. The molecule has 22 heavy (non-hydrogen) atoms. The van der Waals surface area contributed by atoms with E-state index in [0.717, 1.165) is 6.26 Å². The molecule has 0 saturated carbocycles. The number of nitrogens with one attached hydrogen (secondary N) is 4. The molecule has 9 nitrogen and oxygen atoms in total. The van der Waals surface area contributed by atoms with Crippen molar-refractivity contribution < 1.29 is 13.2 Å². The number of urea groups is 1. The molecule has 118 valence electrons.